The van der Waals surface area contributed by atoms with Crippen LogP contribution in [0.5, 0.6) is 0 Å². The zero-order chi connectivity index (χ0) is 22.1. The van der Waals surface area contributed by atoms with Gasteiger partial charge in [-0.2, -0.15) is 13.2 Å². The first-order valence-electron chi connectivity index (χ1n) is 8.88. The Hall–Kier alpha value is -2.52. The van der Waals surface area contributed by atoms with Crippen molar-refractivity contribution in [3.63, 3.8) is 0 Å². The van der Waals surface area contributed by atoms with Gasteiger partial charge < -0.3 is 5.32 Å². The van der Waals surface area contributed by atoms with Crippen molar-refractivity contribution in [1.82, 2.24) is 9.55 Å². The Morgan fingerprint density at radius 1 is 1.23 bits per heavy atom. The molecule has 10 heteroatoms. The highest BCUT2D eigenvalue weighted by Crippen LogP contribution is 2.34. The Balaban J connectivity index is 1.86. The van der Waals surface area contributed by atoms with Crippen LogP contribution in [0.2, 0.25) is 5.02 Å². The van der Waals surface area contributed by atoms with Crippen molar-refractivity contribution in [2.75, 3.05) is 11.1 Å². The largest absolute Gasteiger partial charge is 0.418 e. The smallest absolute Gasteiger partial charge is 0.325 e. The zero-order valence-corrected chi connectivity index (χ0v) is 17.5. The Morgan fingerprint density at radius 2 is 1.93 bits per heavy atom. The molecule has 1 heterocycles. The van der Waals surface area contributed by atoms with Gasteiger partial charge in [0.2, 0.25) is 5.91 Å². The molecule has 0 fully saturated rings. The molecule has 0 saturated carbocycles. The molecule has 1 amide bonds. The molecule has 2 aromatic carbocycles. The first-order valence-corrected chi connectivity index (χ1v) is 10.2. The van der Waals surface area contributed by atoms with Crippen molar-refractivity contribution in [3.05, 3.63) is 63.4 Å². The van der Waals surface area contributed by atoms with Gasteiger partial charge in [-0.3, -0.25) is 14.2 Å². The Morgan fingerprint density at radius 3 is 2.60 bits per heavy atom. The van der Waals surface area contributed by atoms with E-state index in [0.29, 0.717) is 15.9 Å². The quantitative estimate of drug-likeness (QED) is 0.414. The first-order chi connectivity index (χ1) is 14.1. The molecule has 30 heavy (non-hydrogen) atoms. The number of hydrogen-bond donors (Lipinski definition) is 1. The van der Waals surface area contributed by atoms with Crippen LogP contribution in [0.4, 0.5) is 18.9 Å². The van der Waals surface area contributed by atoms with Crippen LogP contribution < -0.4 is 10.9 Å². The van der Waals surface area contributed by atoms with Crippen molar-refractivity contribution in [2.24, 2.45) is 0 Å². The highest BCUT2D eigenvalue weighted by Gasteiger charge is 2.33. The number of thioether (sulfide) groups is 1. The molecule has 5 nitrogen and oxygen atoms in total. The summed E-state index contributed by atoms with van der Waals surface area (Å²) in [5.74, 6) is -0.871. The van der Waals surface area contributed by atoms with Crippen LogP contribution in [-0.2, 0) is 11.0 Å². The summed E-state index contributed by atoms with van der Waals surface area (Å²) in [5, 5.41) is 3.36. The van der Waals surface area contributed by atoms with Gasteiger partial charge in [-0.25, -0.2) is 4.98 Å². The van der Waals surface area contributed by atoms with E-state index in [2.05, 4.69) is 10.3 Å². The van der Waals surface area contributed by atoms with E-state index >= 15 is 0 Å². The number of nitrogens with one attached hydrogen (secondary N) is 1. The third-order valence-electron chi connectivity index (χ3n) is 4.19. The number of hydrogen-bond acceptors (Lipinski definition) is 4. The summed E-state index contributed by atoms with van der Waals surface area (Å²) in [4.78, 5) is 29.6. The third-order valence-corrected chi connectivity index (χ3v) is 5.37. The molecule has 0 aliphatic rings. The molecular formula is C20H17ClF3N3O2S. The van der Waals surface area contributed by atoms with Crippen molar-refractivity contribution < 1.29 is 18.0 Å². The Kier molecular flexibility index (Phi) is 6.42. The molecule has 0 unspecified atom stereocenters. The van der Waals surface area contributed by atoms with Gasteiger partial charge in [0.15, 0.2) is 5.16 Å². The zero-order valence-electron chi connectivity index (χ0n) is 16.0. The number of halogens is 4. The van der Waals surface area contributed by atoms with E-state index in [4.69, 9.17) is 11.6 Å². The van der Waals surface area contributed by atoms with Gasteiger partial charge in [0.1, 0.15) is 0 Å². The van der Waals surface area contributed by atoms with Gasteiger partial charge in [0, 0.05) is 11.1 Å². The number of rotatable bonds is 5. The number of carbonyl (C=O) groups excluding carboxylic acids is 1. The maximum atomic E-state index is 13.1. The number of amides is 1. The fourth-order valence-electron chi connectivity index (χ4n) is 2.86. The van der Waals surface area contributed by atoms with Crippen molar-refractivity contribution in [2.45, 2.75) is 31.2 Å². The van der Waals surface area contributed by atoms with Crippen LogP contribution in [0.25, 0.3) is 10.9 Å². The average Bonchev–Trinajstić information content (AvgIpc) is 2.65. The lowest BCUT2D eigenvalue weighted by Crippen LogP contribution is -2.26. The number of aromatic nitrogens is 2. The van der Waals surface area contributed by atoms with Gasteiger partial charge in [-0.15, -0.1) is 0 Å². The minimum atomic E-state index is -4.59. The van der Waals surface area contributed by atoms with Crippen molar-refractivity contribution >= 4 is 45.9 Å². The van der Waals surface area contributed by atoms with Gasteiger partial charge in [-0.05, 0) is 44.2 Å². The summed E-state index contributed by atoms with van der Waals surface area (Å²) in [6.45, 7) is 3.60. The highest BCUT2D eigenvalue weighted by molar-refractivity contribution is 7.99. The number of carbonyl (C=O) groups is 1. The summed E-state index contributed by atoms with van der Waals surface area (Å²) in [6, 6.07) is 9.23. The summed E-state index contributed by atoms with van der Waals surface area (Å²) in [6.07, 6.45) is -4.59. The highest BCUT2D eigenvalue weighted by atomic mass is 35.5. The number of para-hydroxylation sites is 1. The van der Waals surface area contributed by atoms with Crippen molar-refractivity contribution in [1.29, 1.82) is 0 Å². The van der Waals surface area contributed by atoms with Gasteiger partial charge in [0.25, 0.3) is 5.56 Å². The van der Waals surface area contributed by atoms with Crippen LogP contribution in [0.3, 0.4) is 0 Å². The Labute approximate surface area is 179 Å². The lowest BCUT2D eigenvalue weighted by Gasteiger charge is -2.16. The molecule has 3 rings (SSSR count). The van der Waals surface area contributed by atoms with Crippen LogP contribution in [-0.4, -0.2) is 21.2 Å². The van der Waals surface area contributed by atoms with E-state index in [1.165, 1.54) is 22.8 Å². The van der Waals surface area contributed by atoms with Crippen LogP contribution in [0, 0.1) is 0 Å². The maximum Gasteiger partial charge on any atom is 0.418 e. The molecule has 0 bridgehead atoms. The number of fused-ring (bicyclic) bond motifs is 1. The number of nitrogens with zero attached hydrogens (tertiary/aromatic N) is 2. The molecule has 0 atom stereocenters. The molecule has 1 aromatic heterocycles. The van der Waals surface area contributed by atoms with E-state index in [-0.39, 0.29) is 28.2 Å². The molecule has 0 aliphatic carbocycles. The lowest BCUT2D eigenvalue weighted by molar-refractivity contribution is -0.137. The second kappa shape index (κ2) is 8.69. The second-order valence-corrected chi connectivity index (χ2v) is 8.08. The van der Waals surface area contributed by atoms with Gasteiger partial charge in [-0.1, -0.05) is 35.5 Å². The normalized spacial score (nSPS) is 11.8. The third kappa shape index (κ3) is 4.79. The van der Waals surface area contributed by atoms with Gasteiger partial charge >= 0.3 is 6.18 Å². The minimum Gasteiger partial charge on any atom is -0.325 e. The summed E-state index contributed by atoms with van der Waals surface area (Å²) in [7, 11) is 0. The topological polar surface area (TPSA) is 64.0 Å². The van der Waals surface area contributed by atoms with E-state index < -0.39 is 17.6 Å². The standard InChI is InChI=1S/C20H17ClF3N3O2S/c1-11(2)27-18(29)13-8-7-12(21)9-16(13)26-19(27)30-10-17(28)25-15-6-4-3-5-14(15)20(22,23)24/h3-9,11H,10H2,1-2H3,(H,25,28). The van der Waals surface area contributed by atoms with E-state index in [0.717, 1.165) is 17.8 Å². The fourth-order valence-corrected chi connectivity index (χ4v) is 3.96. The number of alkyl halides is 3. The predicted molar refractivity (Wildman–Crippen MR) is 112 cm³/mol. The van der Waals surface area contributed by atoms with Crippen molar-refractivity contribution in [3.8, 4) is 0 Å². The fraction of sp³-hybridized carbons (Fsp3) is 0.250. The van der Waals surface area contributed by atoms with Crippen LogP contribution in [0.1, 0.15) is 25.5 Å². The second-order valence-electron chi connectivity index (χ2n) is 6.70. The molecule has 0 aliphatic heterocycles. The van der Waals surface area contributed by atoms with Crippen LogP contribution in [0.15, 0.2) is 52.4 Å². The van der Waals surface area contributed by atoms with Gasteiger partial charge in [0.05, 0.1) is 27.9 Å². The molecule has 3 aromatic rings. The summed E-state index contributed by atoms with van der Waals surface area (Å²) < 4.78 is 40.7. The minimum absolute atomic E-state index is 0.225. The summed E-state index contributed by atoms with van der Waals surface area (Å²) >= 11 is 6.95. The maximum absolute atomic E-state index is 13.1. The number of benzene rings is 2. The predicted octanol–water partition coefficient (Wildman–Crippen LogP) is 5.38. The molecule has 158 valence electrons. The lowest BCUT2D eigenvalue weighted by atomic mass is 10.1. The Bertz CT molecular complexity index is 1160. The molecule has 0 saturated heterocycles. The molecule has 0 spiro atoms. The first kappa shape index (κ1) is 22.2. The SMILES string of the molecule is CC(C)n1c(SCC(=O)Nc2ccccc2C(F)(F)F)nc2cc(Cl)ccc2c1=O. The van der Waals surface area contributed by atoms with E-state index in [1.807, 2.05) is 0 Å². The number of anilines is 1. The summed E-state index contributed by atoms with van der Waals surface area (Å²) in [5.41, 5.74) is -1.15. The monoisotopic (exact) mass is 455 g/mol. The van der Waals surface area contributed by atoms with E-state index in [9.17, 15) is 22.8 Å². The molecule has 1 N–H and O–H groups in total. The molecular weight excluding hydrogens is 439 g/mol. The van der Waals surface area contributed by atoms with Crippen LogP contribution >= 0.6 is 23.4 Å². The van der Waals surface area contributed by atoms with E-state index in [1.54, 1.807) is 32.0 Å². The average molecular weight is 456 g/mol. The molecule has 0 radical (unpaired) electrons.